The summed E-state index contributed by atoms with van der Waals surface area (Å²) in [5, 5.41) is 2.52. The van der Waals surface area contributed by atoms with E-state index >= 15 is 0 Å². The van der Waals surface area contributed by atoms with Crippen molar-refractivity contribution < 1.29 is 28.2 Å². The highest BCUT2D eigenvalue weighted by molar-refractivity contribution is 5.97. The molecule has 1 amide bonds. The number of amides is 1. The van der Waals surface area contributed by atoms with Crippen molar-refractivity contribution in [3.05, 3.63) is 100 Å². The number of fused-ring (bicyclic) bond motifs is 1. The fourth-order valence-electron chi connectivity index (χ4n) is 3.51. The minimum absolute atomic E-state index is 0.222. The molecule has 1 heterocycles. The molecule has 32 heavy (non-hydrogen) atoms. The first kappa shape index (κ1) is 21.2. The van der Waals surface area contributed by atoms with Gasteiger partial charge < -0.3 is 14.8 Å². The van der Waals surface area contributed by atoms with Crippen LogP contribution < -0.4 is 5.32 Å². The van der Waals surface area contributed by atoms with Crippen molar-refractivity contribution in [2.75, 3.05) is 11.9 Å². The molecule has 0 fully saturated rings. The number of hydrogen-bond donors (Lipinski definition) is 1. The van der Waals surface area contributed by atoms with Crippen molar-refractivity contribution in [3.8, 4) is 0 Å². The summed E-state index contributed by atoms with van der Waals surface area (Å²) in [6, 6.07) is 17.9. The quantitative estimate of drug-likeness (QED) is 0.604. The summed E-state index contributed by atoms with van der Waals surface area (Å²) in [4.78, 5) is 37.0. The van der Waals surface area contributed by atoms with E-state index in [9.17, 15) is 18.8 Å². The number of ether oxygens (including phenoxy) is 2. The number of esters is 2. The topological polar surface area (TPSA) is 81.7 Å². The Hall–Kier alpha value is -4.00. The Morgan fingerprint density at radius 1 is 1.09 bits per heavy atom. The molecule has 0 radical (unpaired) electrons. The van der Waals surface area contributed by atoms with E-state index < -0.39 is 36.4 Å². The van der Waals surface area contributed by atoms with E-state index in [0.29, 0.717) is 28.8 Å². The average Bonchev–Trinajstić information content (AvgIpc) is 2.80. The molecule has 0 spiro atoms. The fraction of sp³-hybridized carbons (Fsp3) is 0.160. The highest BCUT2D eigenvalue weighted by Gasteiger charge is 2.28. The second-order valence-electron chi connectivity index (χ2n) is 7.46. The van der Waals surface area contributed by atoms with Gasteiger partial charge in [0, 0.05) is 12.1 Å². The van der Waals surface area contributed by atoms with Crippen LogP contribution in [0.2, 0.25) is 0 Å². The molecule has 7 heteroatoms. The number of anilines is 1. The second-order valence-corrected chi connectivity index (χ2v) is 7.46. The number of nitrogens with one attached hydrogen (secondary N) is 1. The van der Waals surface area contributed by atoms with Crippen molar-refractivity contribution >= 4 is 23.5 Å². The molecule has 4 rings (SSSR count). The Morgan fingerprint density at radius 2 is 1.88 bits per heavy atom. The molecule has 162 valence electrons. The van der Waals surface area contributed by atoms with Gasteiger partial charge in [-0.3, -0.25) is 4.79 Å². The summed E-state index contributed by atoms with van der Waals surface area (Å²) >= 11 is 0. The lowest BCUT2D eigenvalue weighted by molar-refractivity contribution is -0.119. The molecule has 0 bridgehead atoms. The molecule has 1 aliphatic heterocycles. The van der Waals surface area contributed by atoms with Crippen LogP contribution in [-0.4, -0.2) is 24.5 Å². The molecule has 0 aliphatic carbocycles. The number of rotatable bonds is 5. The molecular weight excluding hydrogens is 413 g/mol. The highest BCUT2D eigenvalue weighted by atomic mass is 19.1. The number of aryl methyl sites for hydroxylation is 1. The van der Waals surface area contributed by atoms with Gasteiger partial charge in [0.1, 0.15) is 11.9 Å². The molecule has 1 aliphatic rings. The predicted octanol–water partition coefficient (Wildman–Crippen LogP) is 4.38. The van der Waals surface area contributed by atoms with Gasteiger partial charge in [0.25, 0.3) is 5.91 Å². The Bertz CT molecular complexity index is 1190. The van der Waals surface area contributed by atoms with Crippen LogP contribution in [0, 0.1) is 12.7 Å². The first-order valence-corrected chi connectivity index (χ1v) is 10.0. The summed E-state index contributed by atoms with van der Waals surface area (Å²) in [6.45, 7) is 1.20. The van der Waals surface area contributed by atoms with Gasteiger partial charge in [-0.2, -0.15) is 0 Å². The van der Waals surface area contributed by atoms with Crippen LogP contribution in [0.15, 0.2) is 66.7 Å². The van der Waals surface area contributed by atoms with Gasteiger partial charge in [-0.05, 0) is 53.9 Å². The summed E-state index contributed by atoms with van der Waals surface area (Å²) < 4.78 is 24.0. The zero-order valence-corrected chi connectivity index (χ0v) is 17.3. The smallest absolute Gasteiger partial charge is 0.339 e. The van der Waals surface area contributed by atoms with Crippen molar-refractivity contribution in [3.63, 3.8) is 0 Å². The first-order valence-electron chi connectivity index (χ1n) is 10.0. The van der Waals surface area contributed by atoms with Crippen LogP contribution in [0.3, 0.4) is 0 Å². The maximum Gasteiger partial charge on any atom is 0.339 e. The van der Waals surface area contributed by atoms with Gasteiger partial charge in [-0.25, -0.2) is 14.0 Å². The molecule has 1 N–H and O–H groups in total. The molecule has 6 nitrogen and oxygen atoms in total. The minimum atomic E-state index is -0.700. The SMILES string of the molecule is Cc1ccc(F)cc1NC(=O)COC(=O)c1ccc2c(c1)CC(c1ccccc1)OC2=O. The molecule has 0 aromatic heterocycles. The van der Waals surface area contributed by atoms with Crippen LogP contribution in [0.4, 0.5) is 10.1 Å². The van der Waals surface area contributed by atoms with Gasteiger partial charge in [0.05, 0.1) is 11.1 Å². The summed E-state index contributed by atoms with van der Waals surface area (Å²) in [7, 11) is 0. The third kappa shape index (κ3) is 4.67. The van der Waals surface area contributed by atoms with Crippen LogP contribution in [0.25, 0.3) is 0 Å². The maximum absolute atomic E-state index is 13.4. The monoisotopic (exact) mass is 433 g/mol. The Labute approximate surface area is 184 Å². The van der Waals surface area contributed by atoms with Crippen molar-refractivity contribution in [1.29, 1.82) is 0 Å². The van der Waals surface area contributed by atoms with Gasteiger partial charge in [0.15, 0.2) is 6.61 Å². The molecule has 1 unspecified atom stereocenters. The number of halogens is 1. The van der Waals surface area contributed by atoms with Crippen LogP contribution in [0.1, 0.15) is 43.5 Å². The van der Waals surface area contributed by atoms with Gasteiger partial charge in [0.2, 0.25) is 0 Å². The maximum atomic E-state index is 13.4. The molecule has 1 atom stereocenters. The Balaban J connectivity index is 1.42. The first-order chi connectivity index (χ1) is 15.4. The molecular formula is C25H20FNO5. The highest BCUT2D eigenvalue weighted by Crippen LogP contribution is 2.31. The van der Waals surface area contributed by atoms with Crippen molar-refractivity contribution in [2.24, 2.45) is 0 Å². The number of cyclic esters (lactones) is 1. The van der Waals surface area contributed by atoms with E-state index in [4.69, 9.17) is 9.47 Å². The third-order valence-corrected chi connectivity index (χ3v) is 5.19. The second kappa shape index (κ2) is 9.01. The zero-order valence-electron chi connectivity index (χ0n) is 17.3. The normalized spacial score (nSPS) is 14.8. The van der Waals surface area contributed by atoms with Crippen LogP contribution in [0.5, 0.6) is 0 Å². The minimum Gasteiger partial charge on any atom is -0.454 e. The lowest BCUT2D eigenvalue weighted by atomic mass is 9.93. The number of benzene rings is 3. The van der Waals surface area contributed by atoms with Crippen molar-refractivity contribution in [2.45, 2.75) is 19.4 Å². The summed E-state index contributed by atoms with van der Waals surface area (Å²) in [5.41, 5.74) is 3.15. The van der Waals surface area contributed by atoms with Crippen LogP contribution >= 0.6 is 0 Å². The lowest BCUT2D eigenvalue weighted by Gasteiger charge is -2.25. The van der Waals surface area contributed by atoms with E-state index in [0.717, 1.165) is 5.56 Å². The number of hydrogen-bond acceptors (Lipinski definition) is 5. The Morgan fingerprint density at radius 3 is 2.66 bits per heavy atom. The molecule has 3 aromatic rings. The molecule has 0 saturated carbocycles. The van der Waals surface area contributed by atoms with Gasteiger partial charge >= 0.3 is 11.9 Å². The van der Waals surface area contributed by atoms with E-state index in [1.165, 1.54) is 30.3 Å². The molecule has 3 aromatic carbocycles. The van der Waals surface area contributed by atoms with E-state index in [-0.39, 0.29) is 5.56 Å². The standard InChI is InChI=1S/C25H20FNO5/c1-15-7-9-19(26)13-21(15)27-23(28)14-31-24(29)17-8-10-20-18(11-17)12-22(32-25(20)30)16-5-3-2-4-6-16/h2-11,13,22H,12,14H2,1H3,(H,27,28). The van der Waals surface area contributed by atoms with Crippen LogP contribution in [-0.2, 0) is 20.7 Å². The van der Waals surface area contributed by atoms with Crippen molar-refractivity contribution in [1.82, 2.24) is 0 Å². The van der Waals surface area contributed by atoms with E-state index in [1.54, 1.807) is 13.0 Å². The zero-order chi connectivity index (χ0) is 22.7. The lowest BCUT2D eigenvalue weighted by Crippen LogP contribution is -2.23. The van der Waals surface area contributed by atoms with Gasteiger partial charge in [-0.1, -0.05) is 36.4 Å². The molecule has 0 saturated heterocycles. The van der Waals surface area contributed by atoms with Gasteiger partial charge in [-0.15, -0.1) is 0 Å². The van der Waals surface area contributed by atoms with E-state index in [1.807, 2.05) is 30.3 Å². The number of carbonyl (C=O) groups excluding carboxylic acids is 3. The summed E-state index contributed by atoms with van der Waals surface area (Å²) in [6.07, 6.45) is -0.0197. The summed E-state index contributed by atoms with van der Waals surface area (Å²) in [5.74, 6) is -2.22. The third-order valence-electron chi connectivity index (χ3n) is 5.19. The predicted molar refractivity (Wildman–Crippen MR) is 115 cm³/mol. The van der Waals surface area contributed by atoms with E-state index in [2.05, 4.69) is 5.32 Å². The largest absolute Gasteiger partial charge is 0.454 e. The average molecular weight is 433 g/mol. The Kier molecular flexibility index (Phi) is 5.98. The number of carbonyl (C=O) groups is 3. The fourth-order valence-corrected chi connectivity index (χ4v) is 3.51.